The maximum Gasteiger partial charge on any atom is 0.251 e. The number of aryl methyl sites for hydroxylation is 1. The van der Waals surface area contributed by atoms with Gasteiger partial charge in [-0.15, -0.1) is 11.3 Å². The molecule has 0 spiro atoms. The van der Waals surface area contributed by atoms with E-state index < -0.39 is 0 Å². The molecule has 0 saturated heterocycles. The summed E-state index contributed by atoms with van der Waals surface area (Å²) < 4.78 is 0. The van der Waals surface area contributed by atoms with Crippen molar-refractivity contribution in [3.63, 3.8) is 0 Å². The number of aromatic nitrogens is 2. The summed E-state index contributed by atoms with van der Waals surface area (Å²) in [5.74, 6) is 0.437. The predicted octanol–water partition coefficient (Wildman–Crippen LogP) is 2.48. The van der Waals surface area contributed by atoms with Crippen LogP contribution in [0, 0.1) is 6.92 Å². The third-order valence-corrected chi connectivity index (χ3v) is 3.75. The van der Waals surface area contributed by atoms with Crippen LogP contribution in [0.2, 0.25) is 0 Å². The third kappa shape index (κ3) is 3.54. The molecule has 0 unspecified atom stereocenters. The van der Waals surface area contributed by atoms with Crippen molar-refractivity contribution in [1.29, 1.82) is 0 Å². The molecule has 5 nitrogen and oxygen atoms in total. The second-order valence-corrected chi connectivity index (χ2v) is 5.87. The van der Waals surface area contributed by atoms with E-state index in [-0.39, 0.29) is 11.8 Å². The largest absolute Gasteiger partial charge is 0.384 e. The van der Waals surface area contributed by atoms with Crippen molar-refractivity contribution in [2.75, 3.05) is 5.73 Å². The van der Waals surface area contributed by atoms with Crippen LogP contribution in [0.4, 0.5) is 5.82 Å². The molecule has 0 aromatic carbocycles. The van der Waals surface area contributed by atoms with Crippen LogP contribution in [0.5, 0.6) is 0 Å². The molecule has 106 valence electrons. The van der Waals surface area contributed by atoms with Crippen LogP contribution in [-0.2, 0) is 6.54 Å². The van der Waals surface area contributed by atoms with Gasteiger partial charge in [0, 0.05) is 22.3 Å². The van der Waals surface area contributed by atoms with Crippen molar-refractivity contribution in [3.05, 3.63) is 39.5 Å². The second kappa shape index (κ2) is 6.00. The Hall–Kier alpha value is -1.95. The highest BCUT2D eigenvalue weighted by Crippen LogP contribution is 2.16. The molecule has 2 aromatic rings. The third-order valence-electron chi connectivity index (χ3n) is 2.79. The Morgan fingerprint density at radius 3 is 2.75 bits per heavy atom. The zero-order valence-corrected chi connectivity index (χ0v) is 12.6. The maximum absolute atomic E-state index is 12.1. The SMILES string of the molecule is Cc1csc(CNC(=O)c2cc(N)nc(C(C)C)c2)n1. The molecule has 0 bridgehead atoms. The van der Waals surface area contributed by atoms with Gasteiger partial charge < -0.3 is 11.1 Å². The minimum Gasteiger partial charge on any atom is -0.384 e. The van der Waals surface area contributed by atoms with Gasteiger partial charge in [-0.2, -0.15) is 0 Å². The summed E-state index contributed by atoms with van der Waals surface area (Å²) in [7, 11) is 0. The van der Waals surface area contributed by atoms with E-state index in [1.165, 1.54) is 11.3 Å². The fraction of sp³-hybridized carbons (Fsp3) is 0.357. The van der Waals surface area contributed by atoms with Gasteiger partial charge in [0.15, 0.2) is 0 Å². The van der Waals surface area contributed by atoms with Crippen molar-refractivity contribution < 1.29 is 4.79 Å². The van der Waals surface area contributed by atoms with E-state index in [4.69, 9.17) is 5.73 Å². The van der Waals surface area contributed by atoms with E-state index in [0.29, 0.717) is 17.9 Å². The quantitative estimate of drug-likeness (QED) is 0.906. The number of nitrogens with two attached hydrogens (primary N) is 1. The van der Waals surface area contributed by atoms with Gasteiger partial charge in [-0.1, -0.05) is 13.8 Å². The molecule has 1 amide bonds. The number of nitrogens with one attached hydrogen (secondary N) is 1. The van der Waals surface area contributed by atoms with E-state index in [1.54, 1.807) is 12.1 Å². The smallest absolute Gasteiger partial charge is 0.251 e. The van der Waals surface area contributed by atoms with Gasteiger partial charge in [0.2, 0.25) is 0 Å². The first kappa shape index (κ1) is 14.5. The van der Waals surface area contributed by atoms with Crippen LogP contribution in [-0.4, -0.2) is 15.9 Å². The highest BCUT2D eigenvalue weighted by atomic mass is 32.1. The fourth-order valence-corrected chi connectivity index (χ4v) is 2.45. The van der Waals surface area contributed by atoms with E-state index in [9.17, 15) is 4.79 Å². The van der Waals surface area contributed by atoms with E-state index in [0.717, 1.165) is 16.4 Å². The Morgan fingerprint density at radius 2 is 2.15 bits per heavy atom. The number of nitrogens with zero attached hydrogens (tertiary/aromatic N) is 2. The first-order chi connectivity index (χ1) is 9.45. The van der Waals surface area contributed by atoms with Gasteiger partial charge in [-0.25, -0.2) is 9.97 Å². The summed E-state index contributed by atoms with van der Waals surface area (Å²) in [5.41, 5.74) is 8.07. The monoisotopic (exact) mass is 290 g/mol. The number of thiazole rings is 1. The van der Waals surface area contributed by atoms with Crippen LogP contribution in [0.25, 0.3) is 0 Å². The molecule has 2 rings (SSSR count). The molecule has 6 heteroatoms. The molecule has 0 radical (unpaired) electrons. The van der Waals surface area contributed by atoms with Crippen LogP contribution in [0.1, 0.15) is 46.5 Å². The maximum atomic E-state index is 12.1. The standard InChI is InChI=1S/C14H18N4OS/c1-8(2)11-4-10(5-12(15)18-11)14(19)16-6-13-17-9(3)7-20-13/h4-5,7-8H,6H2,1-3H3,(H2,15,18)(H,16,19). The normalized spacial score (nSPS) is 10.8. The molecule has 2 heterocycles. The van der Waals surface area contributed by atoms with Crippen molar-refractivity contribution >= 4 is 23.1 Å². The Balaban J connectivity index is 2.09. The van der Waals surface area contributed by atoms with Crippen LogP contribution in [0.15, 0.2) is 17.5 Å². The lowest BCUT2D eigenvalue weighted by Gasteiger charge is -2.09. The zero-order chi connectivity index (χ0) is 14.7. The lowest BCUT2D eigenvalue weighted by Crippen LogP contribution is -2.23. The highest BCUT2D eigenvalue weighted by Gasteiger charge is 2.11. The topological polar surface area (TPSA) is 80.9 Å². The van der Waals surface area contributed by atoms with Crippen LogP contribution >= 0.6 is 11.3 Å². The molecular formula is C14H18N4OS. The first-order valence-electron chi connectivity index (χ1n) is 6.42. The molecule has 0 aliphatic carbocycles. The molecule has 0 aliphatic rings. The first-order valence-corrected chi connectivity index (χ1v) is 7.30. The lowest BCUT2D eigenvalue weighted by atomic mass is 10.1. The highest BCUT2D eigenvalue weighted by molar-refractivity contribution is 7.09. The molecule has 2 aromatic heterocycles. The Morgan fingerprint density at radius 1 is 1.40 bits per heavy atom. The minimum atomic E-state index is -0.158. The number of hydrogen-bond acceptors (Lipinski definition) is 5. The number of rotatable bonds is 4. The number of carbonyl (C=O) groups excluding carboxylic acids is 1. The van der Waals surface area contributed by atoms with Gasteiger partial charge in [-0.05, 0) is 25.0 Å². The van der Waals surface area contributed by atoms with Crippen molar-refractivity contribution in [2.45, 2.75) is 33.2 Å². The number of anilines is 1. The van der Waals surface area contributed by atoms with Crippen LogP contribution in [0.3, 0.4) is 0 Å². The van der Waals surface area contributed by atoms with Gasteiger partial charge >= 0.3 is 0 Å². The number of amides is 1. The average molecular weight is 290 g/mol. The second-order valence-electron chi connectivity index (χ2n) is 4.93. The number of nitrogen functional groups attached to an aromatic ring is 1. The van der Waals surface area contributed by atoms with Crippen molar-refractivity contribution in [3.8, 4) is 0 Å². The van der Waals surface area contributed by atoms with Crippen molar-refractivity contribution in [1.82, 2.24) is 15.3 Å². The van der Waals surface area contributed by atoms with E-state index >= 15 is 0 Å². The fourth-order valence-electron chi connectivity index (χ4n) is 1.74. The summed E-state index contributed by atoms with van der Waals surface area (Å²) in [6.45, 7) is 6.39. The van der Waals surface area contributed by atoms with Crippen LogP contribution < -0.4 is 11.1 Å². The Kier molecular flexibility index (Phi) is 4.34. The molecule has 0 atom stereocenters. The molecule has 0 saturated carbocycles. The number of hydrogen-bond donors (Lipinski definition) is 2. The number of carbonyl (C=O) groups is 1. The zero-order valence-electron chi connectivity index (χ0n) is 11.8. The van der Waals surface area contributed by atoms with Gasteiger partial charge in [0.25, 0.3) is 5.91 Å². The average Bonchev–Trinajstić information content (AvgIpc) is 2.81. The summed E-state index contributed by atoms with van der Waals surface area (Å²) in [6.07, 6.45) is 0. The van der Waals surface area contributed by atoms with Crippen molar-refractivity contribution in [2.24, 2.45) is 0 Å². The Labute approximate surface area is 122 Å². The summed E-state index contributed by atoms with van der Waals surface area (Å²) in [6, 6.07) is 3.37. The van der Waals surface area contributed by atoms with Gasteiger partial charge in [0.1, 0.15) is 10.8 Å². The van der Waals surface area contributed by atoms with Gasteiger partial charge in [0.05, 0.1) is 6.54 Å². The van der Waals surface area contributed by atoms with Gasteiger partial charge in [-0.3, -0.25) is 4.79 Å². The summed E-state index contributed by atoms with van der Waals surface area (Å²) >= 11 is 1.54. The Bertz CT molecular complexity index is 621. The molecule has 0 aliphatic heterocycles. The lowest BCUT2D eigenvalue weighted by molar-refractivity contribution is 0.0950. The summed E-state index contributed by atoms with van der Waals surface area (Å²) in [5, 5.41) is 5.70. The van der Waals surface area contributed by atoms with E-state index in [1.807, 2.05) is 26.2 Å². The summed E-state index contributed by atoms with van der Waals surface area (Å²) in [4.78, 5) is 20.7. The number of pyridine rings is 1. The van der Waals surface area contributed by atoms with E-state index in [2.05, 4.69) is 15.3 Å². The minimum absolute atomic E-state index is 0.158. The molecule has 0 fully saturated rings. The predicted molar refractivity (Wildman–Crippen MR) is 80.8 cm³/mol. The molecule has 20 heavy (non-hydrogen) atoms. The molecule has 3 N–H and O–H groups in total. The molecular weight excluding hydrogens is 272 g/mol.